The van der Waals surface area contributed by atoms with Crippen molar-refractivity contribution in [3.63, 3.8) is 0 Å². The average molecular weight is 447 g/mol. The third-order valence-corrected chi connectivity index (χ3v) is 5.93. The minimum Gasteiger partial charge on any atom is -0.339 e. The summed E-state index contributed by atoms with van der Waals surface area (Å²) >= 11 is 3.50. The number of aromatic amines is 1. The highest BCUT2D eigenvalue weighted by Gasteiger charge is 2.28. The van der Waals surface area contributed by atoms with E-state index in [4.69, 9.17) is 0 Å². The molecule has 1 saturated heterocycles. The first kappa shape index (κ1) is 20.6. The van der Waals surface area contributed by atoms with Gasteiger partial charge in [0.2, 0.25) is 5.91 Å². The van der Waals surface area contributed by atoms with Gasteiger partial charge in [0.25, 0.3) is 5.91 Å². The molecule has 3 rings (SSSR count). The second-order valence-corrected chi connectivity index (χ2v) is 8.26. The fraction of sp³-hybridized carbons (Fsp3) is 0.476. The van der Waals surface area contributed by atoms with Crippen LogP contribution in [0, 0.1) is 0 Å². The van der Waals surface area contributed by atoms with E-state index in [1.165, 1.54) is 5.56 Å². The molecule has 150 valence electrons. The monoisotopic (exact) mass is 446 g/mol. The van der Waals surface area contributed by atoms with Gasteiger partial charge in [0.05, 0.1) is 10.2 Å². The van der Waals surface area contributed by atoms with Crippen molar-refractivity contribution in [3.05, 3.63) is 51.8 Å². The van der Waals surface area contributed by atoms with E-state index in [0.717, 1.165) is 23.0 Å². The SMILES string of the molecule is CC(C)c1[nH]nc(C(=O)N2CCN(C(=O)CCCc3ccccc3)CC2)c1Br. The Morgan fingerprint density at radius 1 is 1.11 bits per heavy atom. The third kappa shape index (κ3) is 4.82. The van der Waals surface area contributed by atoms with Gasteiger partial charge in [0.15, 0.2) is 5.69 Å². The number of hydrogen-bond acceptors (Lipinski definition) is 3. The fourth-order valence-corrected chi connectivity index (χ4v) is 4.23. The molecule has 1 N–H and O–H groups in total. The number of carbonyl (C=O) groups excluding carboxylic acids is 2. The summed E-state index contributed by atoms with van der Waals surface area (Å²) < 4.78 is 0.743. The number of carbonyl (C=O) groups is 2. The molecule has 0 atom stereocenters. The molecule has 2 aromatic rings. The highest BCUT2D eigenvalue weighted by Crippen LogP contribution is 2.26. The van der Waals surface area contributed by atoms with Crippen molar-refractivity contribution in [1.29, 1.82) is 0 Å². The zero-order valence-corrected chi connectivity index (χ0v) is 18.0. The summed E-state index contributed by atoms with van der Waals surface area (Å²) in [5.41, 5.74) is 2.61. The maximum absolute atomic E-state index is 12.8. The van der Waals surface area contributed by atoms with Crippen LogP contribution in [0.3, 0.4) is 0 Å². The van der Waals surface area contributed by atoms with Gasteiger partial charge in [-0.05, 0) is 40.3 Å². The Kier molecular flexibility index (Phi) is 6.88. The lowest BCUT2D eigenvalue weighted by Gasteiger charge is -2.34. The average Bonchev–Trinajstić information content (AvgIpc) is 3.10. The quantitative estimate of drug-likeness (QED) is 0.736. The van der Waals surface area contributed by atoms with Crippen molar-refractivity contribution >= 4 is 27.7 Å². The van der Waals surface area contributed by atoms with Crippen LogP contribution in [-0.2, 0) is 11.2 Å². The maximum Gasteiger partial charge on any atom is 0.275 e. The fourth-order valence-electron chi connectivity index (χ4n) is 3.42. The number of amides is 2. The van der Waals surface area contributed by atoms with Crippen LogP contribution in [-0.4, -0.2) is 58.0 Å². The normalized spacial score (nSPS) is 14.6. The lowest BCUT2D eigenvalue weighted by Crippen LogP contribution is -2.50. The minimum absolute atomic E-state index is 0.0915. The first-order valence-electron chi connectivity index (χ1n) is 9.82. The van der Waals surface area contributed by atoms with E-state index in [9.17, 15) is 9.59 Å². The molecule has 0 unspecified atom stereocenters. The number of halogens is 1. The molecular weight excluding hydrogens is 420 g/mol. The van der Waals surface area contributed by atoms with E-state index in [1.54, 1.807) is 4.90 Å². The van der Waals surface area contributed by atoms with Crippen LogP contribution in [0.4, 0.5) is 0 Å². The van der Waals surface area contributed by atoms with Crippen molar-refractivity contribution in [2.24, 2.45) is 0 Å². The number of H-pyrrole nitrogens is 1. The van der Waals surface area contributed by atoms with E-state index < -0.39 is 0 Å². The number of piperazine rings is 1. The molecule has 1 aliphatic heterocycles. The topological polar surface area (TPSA) is 69.3 Å². The Morgan fingerprint density at radius 2 is 1.75 bits per heavy atom. The molecule has 1 aromatic heterocycles. The van der Waals surface area contributed by atoms with Crippen molar-refractivity contribution in [3.8, 4) is 0 Å². The summed E-state index contributed by atoms with van der Waals surface area (Å²) in [5, 5.41) is 7.14. The van der Waals surface area contributed by atoms with Gasteiger partial charge < -0.3 is 9.80 Å². The highest BCUT2D eigenvalue weighted by molar-refractivity contribution is 9.10. The number of rotatable bonds is 6. The highest BCUT2D eigenvalue weighted by atomic mass is 79.9. The molecule has 28 heavy (non-hydrogen) atoms. The van der Waals surface area contributed by atoms with Crippen molar-refractivity contribution < 1.29 is 9.59 Å². The Bertz CT molecular complexity index is 811. The number of aryl methyl sites for hydroxylation is 1. The first-order chi connectivity index (χ1) is 13.5. The largest absolute Gasteiger partial charge is 0.339 e. The Hall–Kier alpha value is -2.15. The summed E-state index contributed by atoms with van der Waals surface area (Å²) in [5.74, 6) is 0.339. The zero-order chi connectivity index (χ0) is 20.1. The first-order valence-corrected chi connectivity index (χ1v) is 10.6. The van der Waals surface area contributed by atoms with Crippen LogP contribution in [0.5, 0.6) is 0 Å². The second kappa shape index (κ2) is 9.37. The smallest absolute Gasteiger partial charge is 0.275 e. The second-order valence-electron chi connectivity index (χ2n) is 7.47. The van der Waals surface area contributed by atoms with Crippen LogP contribution < -0.4 is 0 Å². The molecule has 1 aromatic carbocycles. The van der Waals surface area contributed by atoms with Crippen molar-refractivity contribution in [2.45, 2.75) is 39.0 Å². The molecule has 0 bridgehead atoms. The van der Waals surface area contributed by atoms with Crippen LogP contribution in [0.2, 0.25) is 0 Å². The van der Waals surface area contributed by atoms with Crippen LogP contribution in [0.25, 0.3) is 0 Å². The molecule has 0 radical (unpaired) electrons. The number of hydrogen-bond donors (Lipinski definition) is 1. The van der Waals surface area contributed by atoms with Gasteiger partial charge in [-0.2, -0.15) is 5.10 Å². The van der Waals surface area contributed by atoms with Crippen LogP contribution >= 0.6 is 15.9 Å². The summed E-state index contributed by atoms with van der Waals surface area (Å²) in [6.45, 7) is 6.34. The van der Waals surface area contributed by atoms with Crippen LogP contribution in [0.15, 0.2) is 34.8 Å². The number of aromatic nitrogens is 2. The molecule has 0 spiro atoms. The third-order valence-electron chi connectivity index (χ3n) is 5.13. The molecular formula is C21H27BrN4O2. The van der Waals surface area contributed by atoms with E-state index in [-0.39, 0.29) is 17.7 Å². The zero-order valence-electron chi connectivity index (χ0n) is 16.4. The lowest BCUT2D eigenvalue weighted by atomic mass is 10.1. The predicted octanol–water partition coefficient (Wildman–Crippen LogP) is 3.60. The van der Waals surface area contributed by atoms with Gasteiger partial charge in [-0.1, -0.05) is 44.2 Å². The summed E-state index contributed by atoms with van der Waals surface area (Å²) in [4.78, 5) is 28.9. The molecule has 1 aliphatic rings. The lowest BCUT2D eigenvalue weighted by molar-refractivity contribution is -0.132. The summed E-state index contributed by atoms with van der Waals surface area (Å²) in [6.07, 6.45) is 2.31. The molecule has 2 amide bonds. The molecule has 6 nitrogen and oxygen atoms in total. The van der Waals surface area contributed by atoms with Gasteiger partial charge in [0, 0.05) is 32.6 Å². The number of nitrogens with one attached hydrogen (secondary N) is 1. The Morgan fingerprint density at radius 3 is 2.36 bits per heavy atom. The standard InChI is InChI=1S/C21H27BrN4O2/c1-15(2)19-18(22)20(24-23-19)21(28)26-13-11-25(12-14-26)17(27)10-6-9-16-7-4-3-5-8-16/h3-5,7-8,15H,6,9-14H2,1-2H3,(H,23,24). The van der Waals surface area contributed by atoms with Gasteiger partial charge in [-0.25, -0.2) is 0 Å². The van der Waals surface area contributed by atoms with E-state index in [0.29, 0.717) is 38.3 Å². The predicted molar refractivity (Wildman–Crippen MR) is 112 cm³/mol. The van der Waals surface area contributed by atoms with Crippen LogP contribution in [0.1, 0.15) is 54.4 Å². The summed E-state index contributed by atoms with van der Waals surface area (Å²) in [6, 6.07) is 10.2. The Labute approximate surface area is 174 Å². The van der Waals surface area contributed by atoms with E-state index in [2.05, 4.69) is 52.1 Å². The van der Waals surface area contributed by atoms with Gasteiger partial charge in [-0.15, -0.1) is 0 Å². The van der Waals surface area contributed by atoms with E-state index >= 15 is 0 Å². The number of nitrogens with zero attached hydrogens (tertiary/aromatic N) is 3. The molecule has 0 aliphatic carbocycles. The van der Waals surface area contributed by atoms with Crippen molar-refractivity contribution in [2.75, 3.05) is 26.2 Å². The molecule has 2 heterocycles. The van der Waals surface area contributed by atoms with Gasteiger partial charge in [-0.3, -0.25) is 14.7 Å². The summed E-state index contributed by atoms with van der Waals surface area (Å²) in [7, 11) is 0. The Balaban J connectivity index is 1.47. The van der Waals surface area contributed by atoms with Crippen molar-refractivity contribution in [1.82, 2.24) is 20.0 Å². The number of benzene rings is 1. The van der Waals surface area contributed by atoms with Gasteiger partial charge in [0.1, 0.15) is 0 Å². The minimum atomic E-state index is -0.0915. The molecule has 0 saturated carbocycles. The molecule has 1 fully saturated rings. The van der Waals surface area contributed by atoms with E-state index in [1.807, 2.05) is 23.1 Å². The van der Waals surface area contributed by atoms with Gasteiger partial charge >= 0.3 is 0 Å². The molecule has 7 heteroatoms. The maximum atomic E-state index is 12.8.